The number of anilines is 3. The number of aryl methyl sites for hydroxylation is 1. The number of nitrogens with zero attached hydrogens (tertiary/aromatic N) is 4. The molecule has 61 heavy (non-hydrogen) atoms. The van der Waals surface area contributed by atoms with Gasteiger partial charge in [-0.15, -0.1) is 11.8 Å². The Morgan fingerprint density at radius 2 is 1.36 bits per heavy atom. The second kappa shape index (κ2) is 14.9. The van der Waals surface area contributed by atoms with E-state index in [2.05, 4.69) is 210 Å². The van der Waals surface area contributed by atoms with Crippen molar-refractivity contribution in [2.45, 2.75) is 84.1 Å². The van der Waals surface area contributed by atoms with Crippen LogP contribution in [0.25, 0.3) is 27.6 Å². The maximum absolute atomic E-state index is 5.60. The summed E-state index contributed by atoms with van der Waals surface area (Å²) in [7, 11) is 0. The average molecular weight is 815 g/mol. The van der Waals surface area contributed by atoms with Gasteiger partial charge < -0.3 is 4.90 Å². The van der Waals surface area contributed by atoms with Gasteiger partial charge in [0.1, 0.15) is 5.82 Å². The van der Waals surface area contributed by atoms with Crippen LogP contribution in [0.3, 0.4) is 0 Å². The van der Waals surface area contributed by atoms with Crippen molar-refractivity contribution >= 4 is 55.7 Å². The average Bonchev–Trinajstić information content (AvgIpc) is 3.87. The molecule has 10 rings (SSSR count). The summed E-state index contributed by atoms with van der Waals surface area (Å²) in [5.74, 6) is 2.38. The number of thioether (sulfide) groups is 1. The molecule has 0 fully saturated rings. The number of para-hydroxylation sites is 1. The van der Waals surface area contributed by atoms with Gasteiger partial charge in [-0.05, 0) is 112 Å². The van der Waals surface area contributed by atoms with Gasteiger partial charge in [0.15, 0.2) is 0 Å². The number of pyridine rings is 1. The third kappa shape index (κ3) is 6.78. The van der Waals surface area contributed by atoms with Crippen LogP contribution in [0, 0.1) is 6.92 Å². The van der Waals surface area contributed by atoms with Crippen molar-refractivity contribution in [1.82, 2.24) is 9.55 Å². The third-order valence-electron chi connectivity index (χ3n) is 13.1. The first-order chi connectivity index (χ1) is 29.4. The standard InChI is InChI=1S/C56H54N4S/c1-35(2)39-28-40(54-58-47(34-61-54)53(37-17-11-9-12-18-37)38-19-13-10-14-20-38)30-42(29-39)59-49-22-16-15-21-45(49)56(7,8)46-32-44-43-27-36(3)23-24-48(43)60(50(44)33-51(46)59)52-31-41(25-26-57-52)55(4,5)6/h9-33,35,47,53H,34H2,1-8H3/t47-/m0/s1. The fourth-order valence-corrected chi connectivity index (χ4v) is 10.8. The molecule has 0 aliphatic carbocycles. The third-order valence-corrected chi connectivity index (χ3v) is 14.2. The first kappa shape index (κ1) is 39.2. The van der Waals surface area contributed by atoms with Crippen LogP contribution in [-0.2, 0) is 10.8 Å². The molecule has 0 radical (unpaired) electrons. The van der Waals surface area contributed by atoms with Crippen molar-refractivity contribution in [3.63, 3.8) is 0 Å². The maximum Gasteiger partial charge on any atom is 0.137 e. The van der Waals surface area contributed by atoms with E-state index in [9.17, 15) is 0 Å². The number of benzene rings is 6. The minimum atomic E-state index is -0.250. The highest BCUT2D eigenvalue weighted by Crippen LogP contribution is 2.54. The van der Waals surface area contributed by atoms with Crippen LogP contribution in [0.4, 0.5) is 17.1 Å². The summed E-state index contributed by atoms with van der Waals surface area (Å²) in [5, 5.41) is 3.62. The summed E-state index contributed by atoms with van der Waals surface area (Å²) in [5.41, 5.74) is 15.9. The number of rotatable bonds is 7. The number of hydrogen-bond donors (Lipinski definition) is 0. The lowest BCUT2D eigenvalue weighted by atomic mass is 9.73. The van der Waals surface area contributed by atoms with Gasteiger partial charge in [0.2, 0.25) is 0 Å². The van der Waals surface area contributed by atoms with Gasteiger partial charge in [0, 0.05) is 45.3 Å². The maximum atomic E-state index is 5.60. The van der Waals surface area contributed by atoms with Crippen molar-refractivity contribution < 1.29 is 0 Å². The summed E-state index contributed by atoms with van der Waals surface area (Å²) in [4.78, 5) is 13.2. The van der Waals surface area contributed by atoms with E-state index in [0.29, 0.717) is 5.92 Å². The fourth-order valence-electron chi connectivity index (χ4n) is 9.75. The van der Waals surface area contributed by atoms with Crippen molar-refractivity contribution in [3.05, 3.63) is 196 Å². The van der Waals surface area contributed by atoms with Gasteiger partial charge >= 0.3 is 0 Å². The zero-order chi connectivity index (χ0) is 42.2. The number of aromatic nitrogens is 2. The molecule has 0 saturated heterocycles. The Morgan fingerprint density at radius 3 is 2.07 bits per heavy atom. The molecule has 0 saturated carbocycles. The lowest BCUT2D eigenvalue weighted by molar-refractivity contribution is 0.588. The van der Waals surface area contributed by atoms with Gasteiger partial charge in [-0.25, -0.2) is 4.98 Å². The fraction of sp³-hybridized carbons (Fsp3) is 0.250. The molecule has 2 aliphatic rings. The van der Waals surface area contributed by atoms with Crippen LogP contribution in [-0.4, -0.2) is 26.4 Å². The molecule has 6 aromatic carbocycles. The van der Waals surface area contributed by atoms with E-state index in [1.165, 1.54) is 72.2 Å². The van der Waals surface area contributed by atoms with Gasteiger partial charge in [-0.2, -0.15) is 0 Å². The molecule has 0 amide bonds. The molecule has 1 atom stereocenters. The molecule has 4 heterocycles. The highest BCUT2D eigenvalue weighted by atomic mass is 32.2. The molecular weight excluding hydrogens is 761 g/mol. The highest BCUT2D eigenvalue weighted by Gasteiger charge is 2.39. The second-order valence-corrected chi connectivity index (χ2v) is 20.0. The van der Waals surface area contributed by atoms with Crippen LogP contribution >= 0.6 is 11.8 Å². The van der Waals surface area contributed by atoms with E-state index in [0.717, 1.165) is 27.8 Å². The lowest BCUT2D eigenvalue weighted by Gasteiger charge is -2.42. The molecule has 2 aliphatic heterocycles. The SMILES string of the molecule is Cc1ccc2c(c1)c1cc3c(cc1n2-c1cc(C(C)(C)C)ccn1)N(c1cc(C2=N[C@H](C(c4ccccc4)c4ccccc4)CS2)cc(C(C)C)c1)c1ccccc1C3(C)C. The number of hydrogen-bond acceptors (Lipinski definition) is 4. The Hall–Kier alpha value is -5.91. The van der Waals surface area contributed by atoms with Gasteiger partial charge in [0.05, 0.1) is 33.5 Å². The van der Waals surface area contributed by atoms with Crippen molar-refractivity contribution in [2.24, 2.45) is 4.99 Å². The Kier molecular flexibility index (Phi) is 9.60. The van der Waals surface area contributed by atoms with E-state index < -0.39 is 0 Å². The Balaban J connectivity index is 1.19. The number of aliphatic imine (C=N–C) groups is 1. The van der Waals surface area contributed by atoms with Crippen molar-refractivity contribution in [3.8, 4) is 5.82 Å². The minimum absolute atomic E-state index is 0.0121. The summed E-state index contributed by atoms with van der Waals surface area (Å²) in [6, 6.07) is 54.4. The quantitative estimate of drug-likeness (QED) is 0.161. The first-order valence-electron chi connectivity index (χ1n) is 21.8. The normalized spacial score (nSPS) is 16.1. The zero-order valence-corrected chi connectivity index (χ0v) is 37.4. The highest BCUT2D eigenvalue weighted by molar-refractivity contribution is 8.14. The smallest absolute Gasteiger partial charge is 0.137 e. The molecular formula is C56H54N4S. The Morgan fingerprint density at radius 1 is 0.672 bits per heavy atom. The van der Waals surface area contributed by atoms with E-state index in [4.69, 9.17) is 9.98 Å². The van der Waals surface area contributed by atoms with Crippen LogP contribution in [0.2, 0.25) is 0 Å². The molecule has 8 aromatic rings. The molecule has 0 N–H and O–H groups in total. The predicted octanol–water partition coefficient (Wildman–Crippen LogP) is 14.7. The second-order valence-electron chi connectivity index (χ2n) is 19.0. The molecule has 0 bridgehead atoms. The molecule has 304 valence electrons. The van der Waals surface area contributed by atoms with E-state index in [1.807, 2.05) is 18.0 Å². The summed E-state index contributed by atoms with van der Waals surface area (Å²) >= 11 is 1.90. The summed E-state index contributed by atoms with van der Waals surface area (Å²) < 4.78 is 2.39. The minimum Gasteiger partial charge on any atom is -0.310 e. The number of fused-ring (bicyclic) bond motifs is 5. The Labute approximate surface area is 365 Å². The van der Waals surface area contributed by atoms with E-state index in [-0.39, 0.29) is 22.8 Å². The summed E-state index contributed by atoms with van der Waals surface area (Å²) in [6.45, 7) is 18.4. The van der Waals surface area contributed by atoms with E-state index >= 15 is 0 Å². The zero-order valence-electron chi connectivity index (χ0n) is 36.6. The van der Waals surface area contributed by atoms with Crippen LogP contribution < -0.4 is 4.90 Å². The van der Waals surface area contributed by atoms with Crippen LogP contribution in [0.5, 0.6) is 0 Å². The monoisotopic (exact) mass is 814 g/mol. The molecule has 4 nitrogen and oxygen atoms in total. The first-order valence-corrected chi connectivity index (χ1v) is 22.8. The molecule has 2 aromatic heterocycles. The predicted molar refractivity (Wildman–Crippen MR) is 260 cm³/mol. The van der Waals surface area contributed by atoms with Crippen molar-refractivity contribution in [1.29, 1.82) is 0 Å². The topological polar surface area (TPSA) is 33.4 Å². The van der Waals surface area contributed by atoms with E-state index in [1.54, 1.807) is 0 Å². The van der Waals surface area contributed by atoms with Gasteiger partial charge in [-0.3, -0.25) is 9.56 Å². The molecule has 0 unspecified atom stereocenters. The molecule has 0 spiro atoms. The summed E-state index contributed by atoms with van der Waals surface area (Å²) in [6.07, 6.45) is 1.97. The van der Waals surface area contributed by atoms with Crippen LogP contribution in [0.1, 0.15) is 105 Å². The largest absolute Gasteiger partial charge is 0.310 e. The van der Waals surface area contributed by atoms with Crippen LogP contribution in [0.15, 0.2) is 157 Å². The van der Waals surface area contributed by atoms with Crippen molar-refractivity contribution in [2.75, 3.05) is 10.7 Å². The van der Waals surface area contributed by atoms with Gasteiger partial charge in [0.25, 0.3) is 0 Å². The Bertz CT molecular complexity index is 2950. The van der Waals surface area contributed by atoms with Gasteiger partial charge in [-0.1, -0.05) is 139 Å². The lowest BCUT2D eigenvalue weighted by Crippen LogP contribution is -2.30. The molecule has 5 heteroatoms.